The minimum atomic E-state index is -3.31. The molecule has 34 heavy (non-hydrogen) atoms. The average molecular weight is 476 g/mol. The van der Waals surface area contributed by atoms with E-state index in [2.05, 4.69) is 21.2 Å². The molecule has 0 aliphatic carbocycles. The maximum atomic E-state index is 12.5. The first-order valence-corrected chi connectivity index (χ1v) is 12.8. The molecule has 0 amide bonds. The first kappa shape index (κ1) is 22.1. The number of hydrogen-bond donors (Lipinski definition) is 0. The van der Waals surface area contributed by atoms with Gasteiger partial charge in [-0.25, -0.2) is 13.4 Å². The van der Waals surface area contributed by atoms with Gasteiger partial charge in [0.15, 0.2) is 15.5 Å². The Kier molecular flexibility index (Phi) is 5.79. The quantitative estimate of drug-likeness (QED) is 0.314. The van der Waals surface area contributed by atoms with Gasteiger partial charge in [-0.05, 0) is 47.9 Å². The van der Waals surface area contributed by atoms with Crippen molar-refractivity contribution in [2.75, 3.05) is 12.4 Å². The predicted molar refractivity (Wildman–Crippen MR) is 131 cm³/mol. The predicted octanol–water partition coefficient (Wildman–Crippen LogP) is 4.07. The van der Waals surface area contributed by atoms with Gasteiger partial charge in [0.05, 0.1) is 16.2 Å². The summed E-state index contributed by atoms with van der Waals surface area (Å²) in [5.41, 5.74) is 4.44. The fourth-order valence-electron chi connectivity index (χ4n) is 4.15. The van der Waals surface area contributed by atoms with Crippen molar-refractivity contribution in [2.45, 2.75) is 31.7 Å². The molecule has 3 aromatic heterocycles. The number of benzene rings is 2. The Morgan fingerprint density at radius 3 is 2.62 bits per heavy atom. The lowest BCUT2D eigenvalue weighted by atomic mass is 10.00. The van der Waals surface area contributed by atoms with Gasteiger partial charge < -0.3 is 9.40 Å². The molecule has 8 nitrogen and oxygen atoms in total. The normalized spacial score (nSPS) is 11.9. The van der Waals surface area contributed by atoms with Crippen LogP contribution < -0.4 is 4.84 Å². The maximum Gasteiger partial charge on any atom is 0.178 e. The standard InChI is InChI=1S/C25H25N5O3S/c1-3-34(31,32)20-8-4-7-19(14-20)21-9-5-10-23-24(21)22-13-18(2)15-26-25(22)30(23)33-12-6-11-29-16-27-28-17-29/h4-5,7-10,13-17H,3,6,11-12H2,1-2H3. The number of fused-ring (bicyclic) bond motifs is 3. The van der Waals surface area contributed by atoms with Crippen molar-refractivity contribution < 1.29 is 13.3 Å². The highest BCUT2D eigenvalue weighted by Crippen LogP contribution is 2.36. The second-order valence-electron chi connectivity index (χ2n) is 8.20. The molecule has 0 aliphatic rings. The van der Waals surface area contributed by atoms with Gasteiger partial charge in [0.25, 0.3) is 0 Å². The van der Waals surface area contributed by atoms with E-state index >= 15 is 0 Å². The van der Waals surface area contributed by atoms with Crippen LogP contribution in [0.1, 0.15) is 18.9 Å². The van der Waals surface area contributed by atoms with Crippen molar-refractivity contribution >= 4 is 31.8 Å². The number of aryl methyl sites for hydroxylation is 2. The molecule has 3 heterocycles. The topological polar surface area (TPSA) is 91.9 Å². The molecule has 174 valence electrons. The molecule has 0 unspecified atom stereocenters. The van der Waals surface area contributed by atoms with Crippen LogP contribution in [0.15, 0.2) is 72.3 Å². The van der Waals surface area contributed by atoms with E-state index in [4.69, 9.17) is 4.84 Å². The highest BCUT2D eigenvalue weighted by Gasteiger charge is 2.19. The van der Waals surface area contributed by atoms with Gasteiger partial charge in [-0.15, -0.1) is 10.2 Å². The van der Waals surface area contributed by atoms with Crippen molar-refractivity contribution in [3.05, 3.63) is 72.9 Å². The third-order valence-electron chi connectivity index (χ3n) is 5.86. The van der Waals surface area contributed by atoms with Crippen molar-refractivity contribution in [1.29, 1.82) is 0 Å². The fraction of sp³-hybridized carbons (Fsp3) is 0.240. The Morgan fingerprint density at radius 1 is 1.03 bits per heavy atom. The van der Waals surface area contributed by atoms with Crippen LogP contribution in [-0.4, -0.2) is 45.3 Å². The molecule has 9 heteroatoms. The van der Waals surface area contributed by atoms with E-state index in [9.17, 15) is 8.42 Å². The van der Waals surface area contributed by atoms with E-state index < -0.39 is 9.84 Å². The Balaban J connectivity index is 1.60. The summed E-state index contributed by atoms with van der Waals surface area (Å²) in [6, 6.07) is 15.2. The molecule has 0 saturated heterocycles. The maximum absolute atomic E-state index is 12.5. The molecule has 2 aromatic carbocycles. The molecule has 5 aromatic rings. The van der Waals surface area contributed by atoms with Crippen molar-refractivity contribution in [1.82, 2.24) is 24.5 Å². The summed E-state index contributed by atoms with van der Waals surface area (Å²) >= 11 is 0. The molecule has 0 radical (unpaired) electrons. The molecular formula is C25H25N5O3S. The summed E-state index contributed by atoms with van der Waals surface area (Å²) in [4.78, 5) is 11.2. The zero-order valence-corrected chi connectivity index (χ0v) is 19.9. The summed E-state index contributed by atoms with van der Waals surface area (Å²) < 4.78 is 28.7. The van der Waals surface area contributed by atoms with Crippen molar-refractivity contribution in [3.63, 3.8) is 0 Å². The lowest BCUT2D eigenvalue weighted by Gasteiger charge is -2.10. The zero-order chi connectivity index (χ0) is 23.7. The lowest BCUT2D eigenvalue weighted by molar-refractivity contribution is 0.123. The molecular weight excluding hydrogens is 450 g/mol. The minimum Gasteiger partial charge on any atom is -0.412 e. The van der Waals surface area contributed by atoms with Gasteiger partial charge in [-0.2, -0.15) is 4.73 Å². The SMILES string of the molecule is CCS(=O)(=O)c1cccc(-c2cccc3c2c2cc(C)cnc2n3OCCCn2cnnc2)c1. The van der Waals surface area contributed by atoms with Crippen molar-refractivity contribution in [2.24, 2.45) is 0 Å². The monoisotopic (exact) mass is 475 g/mol. The van der Waals surface area contributed by atoms with Crippen LogP contribution in [0, 0.1) is 6.92 Å². The molecule has 0 saturated carbocycles. The van der Waals surface area contributed by atoms with Crippen LogP contribution in [0.4, 0.5) is 0 Å². The van der Waals surface area contributed by atoms with Crippen LogP contribution in [0.5, 0.6) is 0 Å². The van der Waals surface area contributed by atoms with Gasteiger partial charge in [0.2, 0.25) is 0 Å². The number of pyridine rings is 1. The first-order chi connectivity index (χ1) is 16.5. The molecule has 0 N–H and O–H groups in total. The Morgan fingerprint density at radius 2 is 1.82 bits per heavy atom. The lowest BCUT2D eigenvalue weighted by Crippen LogP contribution is -2.14. The van der Waals surface area contributed by atoms with Crippen LogP contribution in [0.25, 0.3) is 33.1 Å². The summed E-state index contributed by atoms with van der Waals surface area (Å²) in [5.74, 6) is 0.0616. The zero-order valence-electron chi connectivity index (χ0n) is 19.0. The van der Waals surface area contributed by atoms with E-state index in [0.29, 0.717) is 11.5 Å². The van der Waals surface area contributed by atoms with E-state index in [1.165, 1.54) is 0 Å². The first-order valence-electron chi connectivity index (χ1n) is 11.2. The number of hydrogen-bond acceptors (Lipinski definition) is 6. The van der Waals surface area contributed by atoms with E-state index in [0.717, 1.165) is 51.6 Å². The minimum absolute atomic E-state index is 0.0616. The third kappa shape index (κ3) is 4.03. The van der Waals surface area contributed by atoms with Gasteiger partial charge in [0, 0.05) is 29.9 Å². The second kappa shape index (κ2) is 8.90. The molecule has 5 rings (SSSR count). The molecule has 0 spiro atoms. The van der Waals surface area contributed by atoms with Crippen LogP contribution in [0.3, 0.4) is 0 Å². The van der Waals surface area contributed by atoms with Crippen LogP contribution in [-0.2, 0) is 16.4 Å². The summed E-state index contributed by atoms with van der Waals surface area (Å²) in [6.07, 6.45) is 5.97. The average Bonchev–Trinajstić information content (AvgIpc) is 3.48. The molecule has 0 bridgehead atoms. The molecule has 0 fully saturated rings. The smallest absolute Gasteiger partial charge is 0.178 e. The molecule has 0 aliphatic heterocycles. The van der Waals surface area contributed by atoms with Gasteiger partial charge in [0.1, 0.15) is 19.3 Å². The summed E-state index contributed by atoms with van der Waals surface area (Å²) in [5, 5.41) is 9.60. The summed E-state index contributed by atoms with van der Waals surface area (Å²) in [7, 11) is -3.31. The highest BCUT2D eigenvalue weighted by molar-refractivity contribution is 7.91. The van der Waals surface area contributed by atoms with Crippen LogP contribution in [0.2, 0.25) is 0 Å². The van der Waals surface area contributed by atoms with Gasteiger partial charge >= 0.3 is 0 Å². The Bertz CT molecular complexity index is 1570. The van der Waals surface area contributed by atoms with Crippen molar-refractivity contribution in [3.8, 4) is 11.1 Å². The van der Waals surface area contributed by atoms with E-state index in [1.54, 1.807) is 42.5 Å². The Labute approximate surface area is 197 Å². The number of rotatable bonds is 8. The van der Waals surface area contributed by atoms with Gasteiger partial charge in [-0.1, -0.05) is 31.2 Å². The second-order valence-corrected chi connectivity index (χ2v) is 10.5. The van der Waals surface area contributed by atoms with E-state index in [-0.39, 0.29) is 5.75 Å². The third-order valence-corrected chi connectivity index (χ3v) is 7.59. The number of nitrogens with zero attached hydrogens (tertiary/aromatic N) is 5. The summed E-state index contributed by atoms with van der Waals surface area (Å²) in [6.45, 7) is 4.90. The Hall–Kier alpha value is -3.72. The number of sulfone groups is 1. The highest BCUT2D eigenvalue weighted by atomic mass is 32.2. The fourth-order valence-corrected chi connectivity index (χ4v) is 5.08. The van der Waals surface area contributed by atoms with Gasteiger partial charge in [-0.3, -0.25) is 0 Å². The van der Waals surface area contributed by atoms with E-state index in [1.807, 2.05) is 42.0 Å². The number of aromatic nitrogens is 5. The molecule has 0 atom stereocenters. The largest absolute Gasteiger partial charge is 0.412 e. The van der Waals surface area contributed by atoms with Crippen LogP contribution >= 0.6 is 0 Å².